The Morgan fingerprint density at radius 2 is 2.16 bits per heavy atom. The number of rotatable bonds is 4. The number of allylic oxidation sites excluding steroid dienone is 5. The molecule has 8 nitrogen and oxygen atoms in total. The van der Waals surface area contributed by atoms with Crippen molar-refractivity contribution in [2.24, 2.45) is 10.1 Å². The number of nitrogens with one attached hydrogen (secondary N) is 2. The Labute approximate surface area is 184 Å². The Kier molecular flexibility index (Phi) is 5.18. The maximum atomic E-state index is 14.7. The minimum Gasteiger partial charge on any atom is -0.317 e. The van der Waals surface area contributed by atoms with Crippen LogP contribution in [0.15, 0.2) is 57.8 Å². The molecule has 4 heterocycles. The number of carbonyl (C=O) groups is 1. The largest absolute Gasteiger partial charge is 0.317 e. The van der Waals surface area contributed by atoms with Gasteiger partial charge in [0.2, 0.25) is 0 Å². The van der Waals surface area contributed by atoms with Crippen LogP contribution in [-0.2, 0) is 4.79 Å². The topological polar surface area (TPSA) is 83.7 Å². The fraction of sp³-hybridized carbons (Fsp3) is 0.364. The highest BCUT2D eigenvalue weighted by Gasteiger charge is 2.38. The van der Waals surface area contributed by atoms with Gasteiger partial charge in [-0.05, 0) is 38.1 Å². The molecule has 2 N–H and O–H groups in total. The third-order valence-corrected chi connectivity index (χ3v) is 6.07. The molecule has 32 heavy (non-hydrogen) atoms. The monoisotopic (exact) mass is 440 g/mol. The van der Waals surface area contributed by atoms with Crippen LogP contribution in [0.5, 0.6) is 0 Å². The first-order chi connectivity index (χ1) is 15.4. The maximum absolute atomic E-state index is 14.7. The lowest BCUT2D eigenvalue weighted by Gasteiger charge is -2.20. The third kappa shape index (κ3) is 3.65. The zero-order valence-electron chi connectivity index (χ0n) is 17.6. The maximum Gasteiger partial charge on any atom is 0.273 e. The van der Waals surface area contributed by atoms with Crippen LogP contribution < -0.4 is 10.6 Å². The molecule has 10 heteroatoms. The Balaban J connectivity index is 1.50. The molecule has 166 valence electrons. The van der Waals surface area contributed by atoms with E-state index in [-0.39, 0.29) is 22.6 Å². The summed E-state index contributed by atoms with van der Waals surface area (Å²) < 4.78 is 29.7. The summed E-state index contributed by atoms with van der Waals surface area (Å²) in [5, 5.41) is 15.2. The molecule has 0 aromatic carbocycles. The number of alkyl halides is 1. The van der Waals surface area contributed by atoms with Gasteiger partial charge in [0, 0.05) is 30.7 Å². The molecule has 2 unspecified atom stereocenters. The van der Waals surface area contributed by atoms with Gasteiger partial charge in [0.15, 0.2) is 0 Å². The highest BCUT2D eigenvalue weighted by Crippen LogP contribution is 2.33. The minimum absolute atomic E-state index is 0.0548. The van der Waals surface area contributed by atoms with E-state index in [4.69, 9.17) is 0 Å². The van der Waals surface area contributed by atoms with E-state index in [1.807, 2.05) is 13.2 Å². The molecule has 0 spiro atoms. The standard InChI is InChI=1S/C22H23F2N7O/c1-31-10-2-7-26-21(31)16(13-27-31)22(32)28-20-12-18(14-5-8-25-9-6-14)29-30(20)19-4-3-15(23)11-17(19)24/h2-4,7,10,12-15,25H,5-6,8-9,11H2,1H3/p+1. The van der Waals surface area contributed by atoms with Crippen LogP contribution in [0, 0.1) is 0 Å². The lowest BCUT2D eigenvalue weighted by Crippen LogP contribution is -2.30. The molecule has 0 saturated carbocycles. The first-order valence-electron chi connectivity index (χ1n) is 10.7. The van der Waals surface area contributed by atoms with Gasteiger partial charge in [0.25, 0.3) is 11.7 Å². The summed E-state index contributed by atoms with van der Waals surface area (Å²) in [7, 11) is 1.82. The van der Waals surface area contributed by atoms with Crippen molar-refractivity contribution in [3.8, 4) is 0 Å². The minimum atomic E-state index is -1.37. The van der Waals surface area contributed by atoms with Crippen molar-refractivity contribution in [2.75, 3.05) is 25.5 Å². The molecule has 0 bridgehead atoms. The van der Waals surface area contributed by atoms with Crippen LogP contribution in [-0.4, -0.2) is 59.0 Å². The number of hydrogen-bond donors (Lipinski definition) is 2. The van der Waals surface area contributed by atoms with E-state index in [2.05, 4.69) is 25.8 Å². The average molecular weight is 440 g/mol. The lowest BCUT2D eigenvalue weighted by molar-refractivity contribution is -0.825. The summed E-state index contributed by atoms with van der Waals surface area (Å²) in [6.45, 7) is 1.74. The number of carbonyl (C=O) groups excluding carboxylic acids is 1. The van der Waals surface area contributed by atoms with E-state index < -0.39 is 17.9 Å². The number of hydrogen-bond acceptors (Lipinski definition) is 5. The summed E-state index contributed by atoms with van der Waals surface area (Å²) in [4.78, 5) is 17.5. The van der Waals surface area contributed by atoms with E-state index in [1.54, 1.807) is 18.4 Å². The van der Waals surface area contributed by atoms with Crippen molar-refractivity contribution in [1.29, 1.82) is 0 Å². The van der Waals surface area contributed by atoms with E-state index in [0.29, 0.717) is 17.2 Å². The van der Waals surface area contributed by atoms with Crippen LogP contribution in [0.2, 0.25) is 0 Å². The van der Waals surface area contributed by atoms with Gasteiger partial charge in [-0.15, -0.1) is 4.59 Å². The third-order valence-electron chi connectivity index (χ3n) is 6.07. The number of halogens is 2. The second kappa shape index (κ2) is 8.03. The molecule has 4 aliphatic rings. The summed E-state index contributed by atoms with van der Waals surface area (Å²) in [6.07, 6.45) is 9.44. The van der Waals surface area contributed by atoms with Crippen molar-refractivity contribution in [2.45, 2.75) is 31.4 Å². The predicted octanol–water partition coefficient (Wildman–Crippen LogP) is 2.98. The molecule has 3 aliphatic heterocycles. The molecule has 1 saturated heterocycles. The molecule has 1 aromatic rings. The van der Waals surface area contributed by atoms with Crippen LogP contribution in [0.25, 0.3) is 5.70 Å². The van der Waals surface area contributed by atoms with Crippen molar-refractivity contribution in [3.63, 3.8) is 0 Å². The van der Waals surface area contributed by atoms with Gasteiger partial charge in [0.1, 0.15) is 42.9 Å². The number of fused-ring (bicyclic) bond motifs is 1. The zero-order chi connectivity index (χ0) is 22.3. The first-order valence-corrected chi connectivity index (χ1v) is 10.7. The van der Waals surface area contributed by atoms with Crippen LogP contribution in [0.4, 0.5) is 14.6 Å². The highest BCUT2D eigenvalue weighted by atomic mass is 19.1. The number of nitrogens with zero attached hydrogens (tertiary/aromatic N) is 5. The Bertz CT molecular complexity index is 1140. The van der Waals surface area contributed by atoms with Crippen molar-refractivity contribution in [3.05, 3.63) is 53.4 Å². The fourth-order valence-electron chi connectivity index (χ4n) is 4.30. The molecule has 1 aliphatic carbocycles. The summed E-state index contributed by atoms with van der Waals surface area (Å²) in [5.41, 5.74) is 1.22. The molecule has 0 radical (unpaired) electrons. The quantitative estimate of drug-likeness (QED) is 0.706. The SMILES string of the molecule is C[N+]12C=CC=NC1=C(C(=O)Nc1cc(C3CCNCC3)nn1C1=C(F)CC(F)C=C1)C=N2. The predicted molar refractivity (Wildman–Crippen MR) is 118 cm³/mol. The second-order valence-electron chi connectivity index (χ2n) is 8.34. The molecule has 1 amide bonds. The number of anilines is 1. The number of quaternary nitrogens is 1. The van der Waals surface area contributed by atoms with E-state index in [9.17, 15) is 13.6 Å². The lowest BCUT2D eigenvalue weighted by atomic mass is 9.95. The zero-order valence-corrected chi connectivity index (χ0v) is 17.6. The van der Waals surface area contributed by atoms with Crippen LogP contribution in [0.3, 0.4) is 0 Å². The number of aliphatic imine (C=N–C) groups is 1. The van der Waals surface area contributed by atoms with E-state index in [1.165, 1.54) is 23.0 Å². The molecular formula is C22H24F2N7O+. The molecule has 2 atom stereocenters. The molecule has 1 fully saturated rings. The first kappa shape index (κ1) is 20.7. The van der Waals surface area contributed by atoms with Gasteiger partial charge in [0.05, 0.1) is 11.4 Å². The number of amides is 1. The van der Waals surface area contributed by atoms with Gasteiger partial charge in [-0.3, -0.25) is 4.79 Å². The smallest absolute Gasteiger partial charge is 0.273 e. The van der Waals surface area contributed by atoms with E-state index >= 15 is 0 Å². The van der Waals surface area contributed by atoms with Gasteiger partial charge >= 0.3 is 0 Å². The molecular weight excluding hydrogens is 416 g/mol. The van der Waals surface area contributed by atoms with Gasteiger partial charge in [-0.1, -0.05) is 5.10 Å². The summed E-state index contributed by atoms with van der Waals surface area (Å²) >= 11 is 0. The second-order valence-corrected chi connectivity index (χ2v) is 8.34. The highest BCUT2D eigenvalue weighted by molar-refractivity contribution is 6.18. The fourth-order valence-corrected chi connectivity index (χ4v) is 4.30. The van der Waals surface area contributed by atoms with Crippen molar-refractivity contribution >= 4 is 29.9 Å². The average Bonchev–Trinajstić information content (AvgIpc) is 3.35. The summed E-state index contributed by atoms with van der Waals surface area (Å²) in [6, 6.07) is 1.78. The van der Waals surface area contributed by atoms with Crippen LogP contribution >= 0.6 is 0 Å². The van der Waals surface area contributed by atoms with Crippen molar-refractivity contribution in [1.82, 2.24) is 15.1 Å². The van der Waals surface area contributed by atoms with Crippen molar-refractivity contribution < 1.29 is 18.2 Å². The number of aromatic nitrogens is 2. The van der Waals surface area contributed by atoms with Gasteiger partial charge < -0.3 is 10.6 Å². The normalized spacial score (nSPS) is 27.4. The van der Waals surface area contributed by atoms with E-state index in [0.717, 1.165) is 31.6 Å². The Morgan fingerprint density at radius 1 is 1.34 bits per heavy atom. The van der Waals surface area contributed by atoms with Gasteiger partial charge in [-0.2, -0.15) is 5.10 Å². The summed E-state index contributed by atoms with van der Waals surface area (Å²) in [5.74, 6) is -0.000677. The number of piperidine rings is 1. The van der Waals surface area contributed by atoms with Gasteiger partial charge in [-0.25, -0.2) is 18.5 Å². The van der Waals surface area contributed by atoms with Crippen LogP contribution in [0.1, 0.15) is 30.9 Å². The molecule has 5 rings (SSSR count). The Hall–Kier alpha value is -3.24. The Morgan fingerprint density at radius 3 is 2.94 bits per heavy atom. The molecule has 1 aromatic heterocycles.